The van der Waals surface area contributed by atoms with E-state index in [1.807, 2.05) is 0 Å². The van der Waals surface area contributed by atoms with E-state index in [2.05, 4.69) is 29.1 Å². The molecule has 0 aromatic carbocycles. The summed E-state index contributed by atoms with van der Waals surface area (Å²) >= 11 is 0. The van der Waals surface area contributed by atoms with Crippen LogP contribution in [-0.4, -0.2) is 23.1 Å². The van der Waals surface area contributed by atoms with Crippen LogP contribution < -0.4 is 10.1 Å². The van der Waals surface area contributed by atoms with Crippen LogP contribution in [0.2, 0.25) is 0 Å². The molecule has 0 radical (unpaired) electrons. The van der Waals surface area contributed by atoms with Crippen molar-refractivity contribution in [3.8, 4) is 5.88 Å². The molecule has 1 aliphatic rings. The Labute approximate surface area is 122 Å². The monoisotopic (exact) mass is 303 g/mol. The lowest BCUT2D eigenvalue weighted by Gasteiger charge is -2.31. The summed E-state index contributed by atoms with van der Waals surface area (Å²) in [6.45, 7) is 4.26. The Hall–Kier alpha value is -1.53. The van der Waals surface area contributed by atoms with Crippen molar-refractivity contribution in [1.82, 2.24) is 9.97 Å². The van der Waals surface area contributed by atoms with Gasteiger partial charge in [-0.25, -0.2) is 4.98 Å². The van der Waals surface area contributed by atoms with Crippen molar-refractivity contribution in [2.75, 3.05) is 12.4 Å². The summed E-state index contributed by atoms with van der Waals surface area (Å²) in [7, 11) is 1.48. The number of nitrogens with one attached hydrogen (secondary N) is 1. The first-order valence-corrected chi connectivity index (χ1v) is 7.08. The molecule has 1 aliphatic carbocycles. The summed E-state index contributed by atoms with van der Waals surface area (Å²) in [6, 6.07) is 0.866. The third-order valence-electron chi connectivity index (χ3n) is 3.64. The van der Waals surface area contributed by atoms with Crippen LogP contribution in [-0.2, 0) is 6.18 Å². The summed E-state index contributed by atoms with van der Waals surface area (Å²) < 4.78 is 44.1. The Kier molecular flexibility index (Phi) is 4.58. The van der Waals surface area contributed by atoms with Crippen LogP contribution in [0.5, 0.6) is 5.88 Å². The van der Waals surface area contributed by atoms with Crippen molar-refractivity contribution in [2.45, 2.75) is 45.4 Å². The van der Waals surface area contributed by atoms with Gasteiger partial charge in [0.1, 0.15) is 6.10 Å². The highest BCUT2D eigenvalue weighted by atomic mass is 19.4. The van der Waals surface area contributed by atoms with E-state index < -0.39 is 11.9 Å². The lowest BCUT2D eigenvalue weighted by molar-refractivity contribution is -0.141. The molecule has 1 heterocycles. The van der Waals surface area contributed by atoms with Crippen molar-refractivity contribution in [1.29, 1.82) is 0 Å². The molecule has 4 nitrogen and oxygen atoms in total. The molecule has 2 atom stereocenters. The van der Waals surface area contributed by atoms with Crippen LogP contribution in [0, 0.1) is 11.8 Å². The minimum atomic E-state index is -4.51. The topological polar surface area (TPSA) is 47.0 Å². The van der Waals surface area contributed by atoms with E-state index in [0.29, 0.717) is 11.8 Å². The Morgan fingerprint density at radius 1 is 1.14 bits per heavy atom. The van der Waals surface area contributed by atoms with Crippen LogP contribution in [0.3, 0.4) is 0 Å². The van der Waals surface area contributed by atoms with E-state index in [0.717, 1.165) is 25.3 Å². The van der Waals surface area contributed by atoms with Crippen LogP contribution in [0.15, 0.2) is 6.07 Å². The summed E-state index contributed by atoms with van der Waals surface area (Å²) in [5, 5.41) is 2.53. The number of nitrogens with zero attached hydrogens (tertiary/aromatic N) is 2. The normalized spacial score (nSPS) is 26.5. The van der Waals surface area contributed by atoms with Gasteiger partial charge in [-0.15, -0.1) is 0 Å². The summed E-state index contributed by atoms with van der Waals surface area (Å²) in [4.78, 5) is 7.38. The molecule has 1 saturated carbocycles. The quantitative estimate of drug-likeness (QED) is 0.924. The van der Waals surface area contributed by atoms with Gasteiger partial charge in [0.2, 0.25) is 11.8 Å². The molecule has 1 aromatic rings. The Bertz CT molecular complexity index is 483. The number of halogens is 3. The van der Waals surface area contributed by atoms with Gasteiger partial charge < -0.3 is 10.1 Å². The minimum absolute atomic E-state index is 0.0204. The summed E-state index contributed by atoms with van der Waals surface area (Å²) in [6.07, 6.45) is -1.81. The van der Waals surface area contributed by atoms with E-state index in [9.17, 15) is 13.2 Å². The molecule has 1 N–H and O–H groups in total. The molecule has 21 heavy (non-hydrogen) atoms. The third-order valence-corrected chi connectivity index (χ3v) is 3.64. The standard InChI is InChI=1S/C14H20F3N3O/c1-8-4-9(2)6-10(5-8)21-12-7-11(14(15,16)17)19-13(18-3)20-12/h7-10H,4-6H2,1-3H3,(H,18,19,20). The first-order chi connectivity index (χ1) is 9.77. The zero-order valence-corrected chi connectivity index (χ0v) is 12.4. The maximum atomic E-state index is 12.8. The molecule has 0 bridgehead atoms. The van der Waals surface area contributed by atoms with Crippen molar-refractivity contribution < 1.29 is 17.9 Å². The Balaban J connectivity index is 2.19. The predicted molar refractivity (Wildman–Crippen MR) is 73.2 cm³/mol. The van der Waals surface area contributed by atoms with Gasteiger partial charge in [0.25, 0.3) is 0 Å². The number of ether oxygens (including phenoxy) is 1. The van der Waals surface area contributed by atoms with Crippen LogP contribution in [0.4, 0.5) is 19.1 Å². The molecule has 7 heteroatoms. The fourth-order valence-corrected chi connectivity index (χ4v) is 2.88. The number of aromatic nitrogens is 2. The highest BCUT2D eigenvalue weighted by Crippen LogP contribution is 2.33. The van der Waals surface area contributed by atoms with E-state index in [-0.39, 0.29) is 17.9 Å². The number of alkyl halides is 3. The fraction of sp³-hybridized carbons (Fsp3) is 0.714. The second-order valence-electron chi connectivity index (χ2n) is 5.82. The van der Waals surface area contributed by atoms with Gasteiger partial charge in [0.15, 0.2) is 5.69 Å². The van der Waals surface area contributed by atoms with Crippen molar-refractivity contribution >= 4 is 5.95 Å². The molecule has 0 spiro atoms. The lowest BCUT2D eigenvalue weighted by atomic mass is 9.82. The second-order valence-corrected chi connectivity index (χ2v) is 5.82. The Morgan fingerprint density at radius 2 is 1.76 bits per heavy atom. The average Bonchev–Trinajstić information content (AvgIpc) is 2.36. The van der Waals surface area contributed by atoms with Crippen molar-refractivity contribution in [2.24, 2.45) is 11.8 Å². The zero-order valence-electron chi connectivity index (χ0n) is 12.4. The number of hydrogen-bond donors (Lipinski definition) is 1. The average molecular weight is 303 g/mol. The molecule has 118 valence electrons. The fourth-order valence-electron chi connectivity index (χ4n) is 2.88. The van der Waals surface area contributed by atoms with Crippen molar-refractivity contribution in [3.05, 3.63) is 11.8 Å². The molecular formula is C14H20F3N3O. The largest absolute Gasteiger partial charge is 0.474 e. The maximum Gasteiger partial charge on any atom is 0.433 e. The van der Waals surface area contributed by atoms with Crippen LogP contribution in [0.25, 0.3) is 0 Å². The number of hydrogen-bond acceptors (Lipinski definition) is 4. The summed E-state index contributed by atoms with van der Waals surface area (Å²) in [5.41, 5.74) is -0.992. The smallest absolute Gasteiger partial charge is 0.433 e. The first-order valence-electron chi connectivity index (χ1n) is 7.08. The molecule has 2 unspecified atom stereocenters. The van der Waals surface area contributed by atoms with Gasteiger partial charge in [-0.2, -0.15) is 18.2 Å². The van der Waals surface area contributed by atoms with Gasteiger partial charge in [-0.05, 0) is 31.1 Å². The molecule has 2 rings (SSSR count). The van der Waals surface area contributed by atoms with E-state index in [4.69, 9.17) is 4.74 Å². The number of anilines is 1. The Morgan fingerprint density at radius 3 is 2.29 bits per heavy atom. The predicted octanol–water partition coefficient (Wildman–Crippen LogP) is 3.74. The second kappa shape index (κ2) is 6.07. The minimum Gasteiger partial charge on any atom is -0.474 e. The highest BCUT2D eigenvalue weighted by molar-refractivity contribution is 5.31. The molecular weight excluding hydrogens is 283 g/mol. The van der Waals surface area contributed by atoms with E-state index >= 15 is 0 Å². The highest BCUT2D eigenvalue weighted by Gasteiger charge is 2.34. The third kappa shape index (κ3) is 4.22. The van der Waals surface area contributed by atoms with Crippen LogP contribution >= 0.6 is 0 Å². The SMILES string of the molecule is CNc1nc(OC2CC(C)CC(C)C2)cc(C(F)(F)F)n1. The van der Waals surface area contributed by atoms with Gasteiger partial charge in [0.05, 0.1) is 0 Å². The van der Waals surface area contributed by atoms with E-state index in [1.54, 1.807) is 0 Å². The van der Waals surface area contributed by atoms with Gasteiger partial charge in [-0.1, -0.05) is 13.8 Å². The van der Waals surface area contributed by atoms with Gasteiger partial charge >= 0.3 is 6.18 Å². The van der Waals surface area contributed by atoms with Crippen molar-refractivity contribution in [3.63, 3.8) is 0 Å². The molecule has 1 fully saturated rings. The maximum absolute atomic E-state index is 12.8. The zero-order chi connectivity index (χ0) is 15.6. The molecule has 0 aliphatic heterocycles. The lowest BCUT2D eigenvalue weighted by Crippen LogP contribution is -2.29. The van der Waals surface area contributed by atoms with Gasteiger partial charge in [-0.3, -0.25) is 0 Å². The summed E-state index contributed by atoms with van der Waals surface area (Å²) in [5.74, 6) is 0.905. The first kappa shape index (κ1) is 15.9. The molecule has 1 aromatic heterocycles. The number of rotatable bonds is 3. The van der Waals surface area contributed by atoms with Crippen LogP contribution in [0.1, 0.15) is 38.8 Å². The van der Waals surface area contributed by atoms with Gasteiger partial charge in [0, 0.05) is 13.1 Å². The molecule has 0 saturated heterocycles. The molecule has 0 amide bonds. The van der Waals surface area contributed by atoms with E-state index in [1.165, 1.54) is 7.05 Å².